The number of anilines is 1. The number of alkyl halides is 3. The molecule has 0 saturated heterocycles. The number of halogens is 4. The number of rotatable bonds is 1. The highest BCUT2D eigenvalue weighted by atomic mass is 19.4. The van der Waals surface area contributed by atoms with E-state index < -0.39 is 17.9 Å². The van der Waals surface area contributed by atoms with Crippen LogP contribution in [0.15, 0.2) is 12.1 Å². The van der Waals surface area contributed by atoms with Gasteiger partial charge in [0.25, 0.3) is 0 Å². The first kappa shape index (κ1) is 10.6. The van der Waals surface area contributed by atoms with Gasteiger partial charge < -0.3 is 10.5 Å². The number of aryl methyl sites for hydroxylation is 1. The molecule has 0 aromatic heterocycles. The molecular weight excluding hydrogens is 202 g/mol. The number of ether oxygens (including phenoxy) is 1. The van der Waals surface area contributed by atoms with Gasteiger partial charge in [-0.1, -0.05) is 0 Å². The second-order valence-corrected chi connectivity index (χ2v) is 2.69. The molecule has 0 aliphatic rings. The van der Waals surface area contributed by atoms with Gasteiger partial charge in [0.05, 0.1) is 5.69 Å². The Morgan fingerprint density at radius 1 is 1.29 bits per heavy atom. The molecule has 0 heterocycles. The Kier molecular flexibility index (Phi) is 2.55. The van der Waals surface area contributed by atoms with E-state index in [2.05, 4.69) is 4.74 Å². The van der Waals surface area contributed by atoms with Gasteiger partial charge in [-0.25, -0.2) is 4.39 Å². The number of nitrogens with two attached hydrogens (primary N) is 1. The number of nitrogen functional groups attached to an aromatic ring is 1. The summed E-state index contributed by atoms with van der Waals surface area (Å²) in [6.07, 6.45) is -4.80. The van der Waals surface area contributed by atoms with E-state index in [9.17, 15) is 17.6 Å². The summed E-state index contributed by atoms with van der Waals surface area (Å²) in [5.74, 6) is -1.26. The van der Waals surface area contributed by atoms with Gasteiger partial charge in [0, 0.05) is 6.07 Å². The zero-order chi connectivity index (χ0) is 10.9. The second kappa shape index (κ2) is 3.36. The Balaban J connectivity index is 3.04. The molecule has 0 radical (unpaired) electrons. The fourth-order valence-corrected chi connectivity index (χ4v) is 0.903. The topological polar surface area (TPSA) is 35.2 Å². The van der Waals surface area contributed by atoms with Gasteiger partial charge in [0.2, 0.25) is 0 Å². The van der Waals surface area contributed by atoms with Crippen LogP contribution in [0.1, 0.15) is 5.56 Å². The van der Waals surface area contributed by atoms with Crippen LogP contribution in [0.25, 0.3) is 0 Å². The number of hydrogen-bond donors (Lipinski definition) is 1. The van der Waals surface area contributed by atoms with Crippen molar-refractivity contribution in [1.29, 1.82) is 0 Å². The van der Waals surface area contributed by atoms with Crippen molar-refractivity contribution >= 4 is 5.69 Å². The fourth-order valence-electron chi connectivity index (χ4n) is 0.903. The first-order valence-corrected chi connectivity index (χ1v) is 3.61. The van der Waals surface area contributed by atoms with Crippen LogP contribution in [-0.2, 0) is 0 Å². The molecule has 0 aliphatic carbocycles. The maximum atomic E-state index is 12.7. The monoisotopic (exact) mass is 209 g/mol. The van der Waals surface area contributed by atoms with Gasteiger partial charge in [0.1, 0.15) is 11.6 Å². The van der Waals surface area contributed by atoms with E-state index in [1.807, 2.05) is 0 Å². The van der Waals surface area contributed by atoms with Gasteiger partial charge in [-0.3, -0.25) is 0 Å². The molecule has 2 nitrogen and oxygen atoms in total. The zero-order valence-electron chi connectivity index (χ0n) is 7.15. The van der Waals surface area contributed by atoms with Crippen LogP contribution in [-0.4, -0.2) is 6.36 Å². The highest BCUT2D eigenvalue weighted by Gasteiger charge is 2.32. The predicted octanol–water partition coefficient (Wildman–Crippen LogP) is 2.61. The maximum absolute atomic E-state index is 12.7. The average Bonchev–Trinajstić information content (AvgIpc) is 1.97. The fraction of sp³-hybridized carbons (Fsp3) is 0.250. The Morgan fingerprint density at radius 3 is 2.36 bits per heavy atom. The lowest BCUT2D eigenvalue weighted by Gasteiger charge is -2.11. The third-order valence-electron chi connectivity index (χ3n) is 1.52. The molecule has 1 aromatic rings. The average molecular weight is 209 g/mol. The smallest absolute Gasteiger partial charge is 0.405 e. The molecular formula is C8H7F4NO. The lowest BCUT2D eigenvalue weighted by atomic mass is 10.2. The van der Waals surface area contributed by atoms with Crippen molar-refractivity contribution in [3.63, 3.8) is 0 Å². The van der Waals surface area contributed by atoms with Gasteiger partial charge >= 0.3 is 6.36 Å². The summed E-state index contributed by atoms with van der Waals surface area (Å²) in [6.45, 7) is 1.30. The molecule has 1 rings (SSSR count). The standard InChI is InChI=1S/C8H7F4NO/c1-4-2-5(9)6(13)3-7(4)14-8(10,11)12/h2-3H,13H2,1H3. The van der Waals surface area contributed by atoms with Gasteiger partial charge in [-0.15, -0.1) is 13.2 Å². The van der Waals surface area contributed by atoms with Crippen LogP contribution >= 0.6 is 0 Å². The Hall–Kier alpha value is -1.46. The molecule has 0 saturated carbocycles. The highest BCUT2D eigenvalue weighted by Crippen LogP contribution is 2.29. The molecule has 0 bridgehead atoms. The lowest BCUT2D eigenvalue weighted by Crippen LogP contribution is -2.18. The molecule has 78 valence electrons. The maximum Gasteiger partial charge on any atom is 0.573 e. The Morgan fingerprint density at radius 2 is 1.86 bits per heavy atom. The summed E-state index contributed by atoms with van der Waals surface area (Å²) in [4.78, 5) is 0. The summed E-state index contributed by atoms with van der Waals surface area (Å²) in [5, 5.41) is 0. The van der Waals surface area contributed by atoms with Gasteiger partial charge in [-0.2, -0.15) is 0 Å². The van der Waals surface area contributed by atoms with E-state index in [4.69, 9.17) is 5.73 Å². The van der Waals surface area contributed by atoms with Crippen LogP contribution in [0.5, 0.6) is 5.75 Å². The molecule has 0 spiro atoms. The van der Waals surface area contributed by atoms with Crippen LogP contribution in [0.2, 0.25) is 0 Å². The summed E-state index contributed by atoms with van der Waals surface area (Å²) >= 11 is 0. The summed E-state index contributed by atoms with van der Waals surface area (Å²) < 4.78 is 51.7. The van der Waals surface area contributed by atoms with Crippen molar-refractivity contribution in [1.82, 2.24) is 0 Å². The predicted molar refractivity (Wildman–Crippen MR) is 42.2 cm³/mol. The lowest BCUT2D eigenvalue weighted by molar-refractivity contribution is -0.274. The van der Waals surface area contributed by atoms with Crippen molar-refractivity contribution in [3.8, 4) is 5.75 Å². The normalized spacial score (nSPS) is 11.5. The van der Waals surface area contributed by atoms with Crippen molar-refractivity contribution in [2.45, 2.75) is 13.3 Å². The third kappa shape index (κ3) is 2.51. The van der Waals surface area contributed by atoms with E-state index in [-0.39, 0.29) is 11.3 Å². The molecule has 1 aromatic carbocycles. The minimum Gasteiger partial charge on any atom is -0.405 e. The van der Waals surface area contributed by atoms with Crippen molar-refractivity contribution in [3.05, 3.63) is 23.5 Å². The van der Waals surface area contributed by atoms with Crippen LogP contribution in [0.4, 0.5) is 23.2 Å². The highest BCUT2D eigenvalue weighted by molar-refractivity contribution is 5.49. The largest absolute Gasteiger partial charge is 0.573 e. The minimum atomic E-state index is -4.80. The summed E-state index contributed by atoms with van der Waals surface area (Å²) in [5.41, 5.74) is 4.74. The van der Waals surface area contributed by atoms with Crippen molar-refractivity contribution in [2.24, 2.45) is 0 Å². The quantitative estimate of drug-likeness (QED) is 0.570. The van der Waals surface area contributed by atoms with E-state index in [0.29, 0.717) is 0 Å². The van der Waals surface area contributed by atoms with E-state index in [1.165, 1.54) is 6.92 Å². The minimum absolute atomic E-state index is 0.0361. The molecule has 6 heteroatoms. The Labute approximate surface area is 77.3 Å². The molecule has 0 amide bonds. The van der Waals surface area contributed by atoms with E-state index in [0.717, 1.165) is 12.1 Å². The molecule has 0 fully saturated rings. The SMILES string of the molecule is Cc1cc(F)c(N)cc1OC(F)(F)F. The molecule has 0 atom stereocenters. The van der Waals surface area contributed by atoms with Crippen LogP contribution in [0.3, 0.4) is 0 Å². The first-order valence-electron chi connectivity index (χ1n) is 3.61. The van der Waals surface area contributed by atoms with Crippen LogP contribution in [0, 0.1) is 12.7 Å². The van der Waals surface area contributed by atoms with Crippen LogP contribution < -0.4 is 10.5 Å². The van der Waals surface area contributed by atoms with E-state index in [1.54, 1.807) is 0 Å². The summed E-state index contributed by atoms with van der Waals surface area (Å²) in [7, 11) is 0. The molecule has 0 aliphatic heterocycles. The molecule has 14 heavy (non-hydrogen) atoms. The zero-order valence-corrected chi connectivity index (χ0v) is 7.15. The van der Waals surface area contributed by atoms with Gasteiger partial charge in [-0.05, 0) is 18.6 Å². The van der Waals surface area contributed by atoms with E-state index >= 15 is 0 Å². The number of hydrogen-bond acceptors (Lipinski definition) is 2. The van der Waals surface area contributed by atoms with Gasteiger partial charge in [0.15, 0.2) is 0 Å². The molecule has 0 unspecified atom stereocenters. The second-order valence-electron chi connectivity index (χ2n) is 2.69. The summed E-state index contributed by atoms with van der Waals surface area (Å²) in [6, 6.07) is 1.69. The van der Waals surface area contributed by atoms with Crippen molar-refractivity contribution < 1.29 is 22.3 Å². The Bertz CT molecular complexity index is 348. The first-order chi connectivity index (χ1) is 6.29. The number of benzene rings is 1. The van der Waals surface area contributed by atoms with Crippen molar-refractivity contribution in [2.75, 3.05) is 5.73 Å². The molecule has 2 N–H and O–H groups in total. The third-order valence-corrected chi connectivity index (χ3v) is 1.52.